The molecular weight excluding hydrogens is 432 g/mol. The van der Waals surface area contributed by atoms with Gasteiger partial charge in [0.1, 0.15) is 17.5 Å². The van der Waals surface area contributed by atoms with Crippen LogP contribution in [0.25, 0.3) is 0 Å². The quantitative estimate of drug-likeness (QED) is 0.587. The summed E-state index contributed by atoms with van der Waals surface area (Å²) >= 11 is 6.12. The predicted molar refractivity (Wildman–Crippen MR) is 122 cm³/mol. The molecule has 172 valence electrons. The van der Waals surface area contributed by atoms with Crippen molar-refractivity contribution >= 4 is 23.4 Å². The van der Waals surface area contributed by atoms with Gasteiger partial charge in [0, 0.05) is 19.7 Å². The predicted octanol–water partition coefficient (Wildman–Crippen LogP) is 3.44. The van der Waals surface area contributed by atoms with Gasteiger partial charge in [0.25, 0.3) is 5.91 Å². The number of hydrogen-bond acceptors (Lipinski definition) is 5. The Morgan fingerprint density at radius 3 is 2.62 bits per heavy atom. The minimum Gasteiger partial charge on any atom is -0.497 e. The summed E-state index contributed by atoms with van der Waals surface area (Å²) in [6.07, 6.45) is 1.95. The standard InChI is InChI=1S/C24H29ClN2O5/c1-17(24(29)26-14-20-6-5-13-31-20)27(15-18-9-11-19(30-2)12-10-18)23(28)16-32-22-8-4-3-7-21(22)25/h3-4,7-12,17,20H,5-6,13-16H2,1-2H3,(H,26,29)/t17-,20+/m0/s1. The van der Waals surface area contributed by atoms with Crippen LogP contribution in [-0.4, -0.2) is 55.7 Å². The average Bonchev–Trinajstić information content (AvgIpc) is 3.34. The number of rotatable bonds is 10. The molecule has 0 saturated carbocycles. The highest BCUT2D eigenvalue weighted by Crippen LogP contribution is 2.23. The van der Waals surface area contributed by atoms with Gasteiger partial charge in [-0.3, -0.25) is 9.59 Å². The van der Waals surface area contributed by atoms with Crippen LogP contribution in [0.4, 0.5) is 0 Å². The first kappa shape index (κ1) is 23.9. The van der Waals surface area contributed by atoms with Crippen molar-refractivity contribution in [3.63, 3.8) is 0 Å². The summed E-state index contributed by atoms with van der Waals surface area (Å²) in [4.78, 5) is 27.4. The summed E-state index contributed by atoms with van der Waals surface area (Å²) < 4.78 is 16.4. The zero-order chi connectivity index (χ0) is 22.9. The van der Waals surface area contributed by atoms with Crippen LogP contribution in [0, 0.1) is 0 Å². The molecule has 0 radical (unpaired) electrons. The molecule has 7 nitrogen and oxygen atoms in total. The summed E-state index contributed by atoms with van der Waals surface area (Å²) in [7, 11) is 1.59. The molecule has 2 atom stereocenters. The SMILES string of the molecule is COc1ccc(CN(C(=O)COc2ccccc2Cl)[C@@H](C)C(=O)NC[C@H]2CCCO2)cc1. The van der Waals surface area contributed by atoms with Gasteiger partial charge >= 0.3 is 0 Å². The van der Waals surface area contributed by atoms with Crippen molar-refractivity contribution in [2.45, 2.75) is 38.5 Å². The normalized spacial score (nSPS) is 16.3. The molecule has 1 heterocycles. The van der Waals surface area contributed by atoms with E-state index in [1.54, 1.807) is 38.3 Å². The number of para-hydroxylation sites is 1. The highest BCUT2D eigenvalue weighted by Gasteiger charge is 2.27. The number of carbonyl (C=O) groups is 2. The van der Waals surface area contributed by atoms with E-state index in [1.807, 2.05) is 24.3 Å². The molecule has 0 unspecified atom stereocenters. The lowest BCUT2D eigenvalue weighted by Gasteiger charge is -2.29. The first-order valence-corrected chi connectivity index (χ1v) is 11.0. The molecular formula is C24H29ClN2O5. The Kier molecular flexibility index (Phi) is 8.76. The minimum atomic E-state index is -0.694. The molecule has 1 aliphatic heterocycles. The zero-order valence-electron chi connectivity index (χ0n) is 18.4. The number of ether oxygens (including phenoxy) is 3. The molecule has 0 aromatic heterocycles. The molecule has 1 aliphatic rings. The molecule has 0 aliphatic carbocycles. The van der Waals surface area contributed by atoms with Crippen molar-refractivity contribution in [1.29, 1.82) is 0 Å². The van der Waals surface area contributed by atoms with E-state index in [9.17, 15) is 9.59 Å². The molecule has 2 aromatic carbocycles. The molecule has 8 heteroatoms. The van der Waals surface area contributed by atoms with E-state index in [0.29, 0.717) is 17.3 Å². The molecule has 0 spiro atoms. The van der Waals surface area contributed by atoms with E-state index in [0.717, 1.165) is 30.8 Å². The molecule has 1 fully saturated rings. The third-order valence-electron chi connectivity index (χ3n) is 5.40. The lowest BCUT2D eigenvalue weighted by Crippen LogP contribution is -2.50. The molecule has 0 bridgehead atoms. The van der Waals surface area contributed by atoms with Gasteiger partial charge in [0.2, 0.25) is 5.91 Å². The van der Waals surface area contributed by atoms with Gasteiger partial charge in [-0.25, -0.2) is 0 Å². The van der Waals surface area contributed by atoms with Crippen molar-refractivity contribution in [3.8, 4) is 11.5 Å². The van der Waals surface area contributed by atoms with Crippen LogP contribution in [0.5, 0.6) is 11.5 Å². The number of amides is 2. The second-order valence-corrected chi connectivity index (χ2v) is 8.05. The van der Waals surface area contributed by atoms with Crippen LogP contribution in [0.1, 0.15) is 25.3 Å². The van der Waals surface area contributed by atoms with Crippen LogP contribution in [-0.2, 0) is 20.9 Å². The maximum atomic E-state index is 13.1. The number of methoxy groups -OCH3 is 1. The number of nitrogens with zero attached hydrogens (tertiary/aromatic N) is 1. The number of carbonyl (C=O) groups excluding carboxylic acids is 2. The van der Waals surface area contributed by atoms with Gasteiger partial charge in [0.15, 0.2) is 6.61 Å². The molecule has 32 heavy (non-hydrogen) atoms. The smallest absolute Gasteiger partial charge is 0.261 e. The van der Waals surface area contributed by atoms with Crippen LogP contribution < -0.4 is 14.8 Å². The van der Waals surface area contributed by atoms with Gasteiger partial charge in [-0.15, -0.1) is 0 Å². The van der Waals surface area contributed by atoms with E-state index >= 15 is 0 Å². The Labute approximate surface area is 193 Å². The van der Waals surface area contributed by atoms with Gasteiger partial charge < -0.3 is 24.4 Å². The molecule has 1 N–H and O–H groups in total. The Morgan fingerprint density at radius 1 is 1.22 bits per heavy atom. The van der Waals surface area contributed by atoms with Crippen molar-refractivity contribution in [3.05, 3.63) is 59.1 Å². The van der Waals surface area contributed by atoms with E-state index < -0.39 is 6.04 Å². The summed E-state index contributed by atoms with van der Waals surface area (Å²) in [5, 5.41) is 3.33. The summed E-state index contributed by atoms with van der Waals surface area (Å²) in [6.45, 7) is 2.88. The Morgan fingerprint density at radius 2 is 1.97 bits per heavy atom. The second kappa shape index (κ2) is 11.7. The number of nitrogens with one attached hydrogen (secondary N) is 1. The zero-order valence-corrected chi connectivity index (χ0v) is 19.1. The van der Waals surface area contributed by atoms with Crippen molar-refractivity contribution in [2.75, 3.05) is 26.9 Å². The van der Waals surface area contributed by atoms with E-state index in [1.165, 1.54) is 4.90 Å². The van der Waals surface area contributed by atoms with E-state index in [-0.39, 0.29) is 31.1 Å². The lowest BCUT2D eigenvalue weighted by atomic mass is 10.1. The van der Waals surface area contributed by atoms with Gasteiger partial charge in [-0.2, -0.15) is 0 Å². The Hall–Kier alpha value is -2.77. The fourth-order valence-corrected chi connectivity index (χ4v) is 3.65. The second-order valence-electron chi connectivity index (χ2n) is 7.64. The van der Waals surface area contributed by atoms with Crippen molar-refractivity contribution in [2.24, 2.45) is 0 Å². The monoisotopic (exact) mass is 460 g/mol. The van der Waals surface area contributed by atoms with Crippen molar-refractivity contribution in [1.82, 2.24) is 10.2 Å². The molecule has 3 rings (SSSR count). The molecule has 2 amide bonds. The van der Waals surface area contributed by atoms with Crippen LogP contribution >= 0.6 is 11.6 Å². The van der Waals surface area contributed by atoms with Crippen LogP contribution in [0.15, 0.2) is 48.5 Å². The van der Waals surface area contributed by atoms with Crippen LogP contribution in [0.2, 0.25) is 5.02 Å². The summed E-state index contributed by atoms with van der Waals surface area (Å²) in [6, 6.07) is 13.6. The van der Waals surface area contributed by atoms with Crippen LogP contribution in [0.3, 0.4) is 0 Å². The highest BCUT2D eigenvalue weighted by atomic mass is 35.5. The third kappa shape index (κ3) is 6.61. The molecule has 1 saturated heterocycles. The van der Waals surface area contributed by atoms with Gasteiger partial charge in [-0.1, -0.05) is 35.9 Å². The van der Waals surface area contributed by atoms with Gasteiger partial charge in [-0.05, 0) is 49.6 Å². The minimum absolute atomic E-state index is 0.0282. The maximum Gasteiger partial charge on any atom is 0.261 e. The number of benzene rings is 2. The first-order chi connectivity index (χ1) is 15.5. The topological polar surface area (TPSA) is 77.1 Å². The van der Waals surface area contributed by atoms with Gasteiger partial charge in [0.05, 0.1) is 18.2 Å². The average molecular weight is 461 g/mol. The maximum absolute atomic E-state index is 13.1. The summed E-state index contributed by atoms with van der Waals surface area (Å²) in [5.41, 5.74) is 0.871. The fraction of sp³-hybridized carbons (Fsp3) is 0.417. The van der Waals surface area contributed by atoms with E-state index in [2.05, 4.69) is 5.32 Å². The number of hydrogen-bond donors (Lipinski definition) is 1. The highest BCUT2D eigenvalue weighted by molar-refractivity contribution is 6.32. The fourth-order valence-electron chi connectivity index (χ4n) is 3.46. The lowest BCUT2D eigenvalue weighted by molar-refractivity contribution is -0.142. The summed E-state index contributed by atoms with van der Waals surface area (Å²) in [5.74, 6) is 0.582. The third-order valence-corrected chi connectivity index (χ3v) is 5.71. The largest absolute Gasteiger partial charge is 0.497 e. The van der Waals surface area contributed by atoms with Crippen molar-refractivity contribution < 1.29 is 23.8 Å². The first-order valence-electron chi connectivity index (χ1n) is 10.7. The Balaban J connectivity index is 1.68. The molecule has 2 aromatic rings. The van der Waals surface area contributed by atoms with E-state index in [4.69, 9.17) is 25.8 Å². The Bertz CT molecular complexity index is 900. The number of halogens is 1.